The van der Waals surface area contributed by atoms with Crippen LogP contribution in [0.3, 0.4) is 0 Å². The molecule has 0 aliphatic rings. The van der Waals surface area contributed by atoms with Crippen LogP contribution in [0, 0.1) is 0 Å². The fourth-order valence-corrected chi connectivity index (χ4v) is 2.27. The topological polar surface area (TPSA) is 104 Å². The second-order valence-electron chi connectivity index (χ2n) is 3.98. The summed E-state index contributed by atoms with van der Waals surface area (Å²) >= 11 is 5.95. The first-order chi connectivity index (χ1) is 8.61. The average Bonchev–Trinajstić information content (AvgIpc) is 2.72. The maximum absolute atomic E-state index is 10.8. The van der Waals surface area contributed by atoms with Gasteiger partial charge in [0, 0.05) is 12.4 Å². The van der Waals surface area contributed by atoms with Crippen LogP contribution in [0.1, 0.15) is 5.56 Å². The summed E-state index contributed by atoms with van der Waals surface area (Å²) in [5.41, 5.74) is 7.58. The number of nitrogens with two attached hydrogens (primary N) is 1. The second kappa shape index (κ2) is 5.81. The largest absolute Gasteiger partial charge is 1.00 e. The number of carbonyl (C=O) groups excluding carboxylic acids is 1. The van der Waals surface area contributed by atoms with Crippen LogP contribution in [0.15, 0.2) is 18.3 Å². The Morgan fingerprint density at radius 2 is 2.05 bits per heavy atom. The van der Waals surface area contributed by atoms with Crippen LogP contribution in [0.4, 0.5) is 5.82 Å². The zero-order valence-corrected chi connectivity index (χ0v) is 11.6. The predicted molar refractivity (Wildman–Crippen MR) is 72.2 cm³/mol. The summed E-state index contributed by atoms with van der Waals surface area (Å²) in [7, 11) is 1.79. The Kier molecular flexibility index (Phi) is 4.79. The minimum absolute atomic E-state index is 0. The number of aromatic nitrogens is 3. The van der Waals surface area contributed by atoms with E-state index in [1.807, 2.05) is 0 Å². The van der Waals surface area contributed by atoms with Crippen molar-refractivity contribution in [3.63, 3.8) is 0 Å². The van der Waals surface area contributed by atoms with Crippen molar-refractivity contribution < 1.29 is 29.1 Å². The monoisotopic (exact) mass is 283 g/mol. The van der Waals surface area contributed by atoms with E-state index in [0.29, 0.717) is 21.9 Å². The third-order valence-corrected chi connectivity index (χ3v) is 3.22. The van der Waals surface area contributed by atoms with Gasteiger partial charge in [0.05, 0.1) is 18.0 Å². The number of hydrogen-bond acceptors (Lipinski definition) is 5. The normalized spacial score (nSPS) is 10.1. The number of nitrogens with zero attached hydrogens (tertiary/aromatic N) is 3. The predicted octanol–water partition coefficient (Wildman–Crippen LogP) is -1.36. The van der Waals surface area contributed by atoms with Gasteiger partial charge in [-0.15, -0.1) is 11.6 Å². The molecule has 3 aromatic rings. The van der Waals surface area contributed by atoms with Crippen molar-refractivity contribution in [2.45, 2.75) is 0 Å². The molecule has 98 valence electrons. The van der Waals surface area contributed by atoms with Gasteiger partial charge in [-0.05, 0) is 5.39 Å². The van der Waals surface area contributed by atoms with Crippen LogP contribution in [-0.4, -0.2) is 26.5 Å². The Hall–Kier alpha value is -1.58. The van der Waals surface area contributed by atoms with Gasteiger partial charge in [-0.1, -0.05) is 11.1 Å². The standard InChI is InChI=1S/C12H8ClN4O.Li.H2O/c1-17-11-8(4-15-17)7-2-6(5-18)9(13)3-10(7)16-12(11)14;;/h2-4H,1H3,(H2,14,16);;1H2/q-1;+1;/p-1. The van der Waals surface area contributed by atoms with E-state index in [2.05, 4.69) is 10.1 Å². The zero-order valence-electron chi connectivity index (χ0n) is 10.9. The molecule has 0 atom stereocenters. The molecule has 0 amide bonds. The third-order valence-electron chi connectivity index (χ3n) is 2.91. The number of halogens is 1. The molecule has 6 nitrogen and oxygen atoms in total. The van der Waals surface area contributed by atoms with Gasteiger partial charge < -0.3 is 16.0 Å². The molecule has 0 radical (unpaired) electrons. The van der Waals surface area contributed by atoms with Crippen LogP contribution in [-0.2, 0) is 11.8 Å². The van der Waals surface area contributed by atoms with Crippen LogP contribution in [0.25, 0.3) is 21.8 Å². The number of benzene rings is 1. The summed E-state index contributed by atoms with van der Waals surface area (Å²) in [6.07, 6.45) is 3.50. The number of hydrogen-bond donors (Lipinski definition) is 1. The number of pyridine rings is 1. The molecule has 0 saturated heterocycles. The van der Waals surface area contributed by atoms with E-state index in [-0.39, 0.29) is 24.3 Å². The van der Waals surface area contributed by atoms with Gasteiger partial charge in [-0.25, -0.2) is 4.98 Å². The molecule has 0 fully saturated rings. The minimum Gasteiger partial charge on any atom is -0.870 e. The Morgan fingerprint density at radius 3 is 2.70 bits per heavy atom. The van der Waals surface area contributed by atoms with E-state index in [9.17, 15) is 4.79 Å². The van der Waals surface area contributed by atoms with Crippen LogP contribution in [0.2, 0.25) is 5.02 Å². The molecule has 1 aromatic carbocycles. The van der Waals surface area contributed by atoms with Crippen LogP contribution < -0.4 is 24.6 Å². The first kappa shape index (κ1) is 16.5. The SMILES string of the molecule is Cn1ncc2c3cc([C-]=O)c(Cl)cc3nc(N)c21.[Li+].[OH-]. The van der Waals surface area contributed by atoms with Crippen molar-refractivity contribution in [2.75, 3.05) is 5.73 Å². The summed E-state index contributed by atoms with van der Waals surface area (Å²) < 4.78 is 1.65. The van der Waals surface area contributed by atoms with Crippen molar-refractivity contribution in [3.8, 4) is 0 Å². The molecule has 0 aliphatic heterocycles. The molecule has 20 heavy (non-hydrogen) atoms. The van der Waals surface area contributed by atoms with Crippen molar-refractivity contribution in [3.05, 3.63) is 28.9 Å². The fourth-order valence-electron chi connectivity index (χ4n) is 2.07. The number of nitrogen functional groups attached to an aromatic ring is 1. The molecule has 0 spiro atoms. The molecule has 2 aromatic heterocycles. The van der Waals surface area contributed by atoms with Gasteiger partial charge in [0.15, 0.2) is 0 Å². The summed E-state index contributed by atoms with van der Waals surface area (Å²) in [6.45, 7) is 0. The molecule has 8 heteroatoms. The molecular formula is C12H9ClLiN4O2-. The van der Waals surface area contributed by atoms with E-state index in [4.69, 9.17) is 17.3 Å². The fraction of sp³-hybridized carbons (Fsp3) is 0.0833. The summed E-state index contributed by atoms with van der Waals surface area (Å²) in [4.78, 5) is 15.1. The quantitative estimate of drug-likeness (QED) is 0.439. The van der Waals surface area contributed by atoms with E-state index < -0.39 is 0 Å². The summed E-state index contributed by atoms with van der Waals surface area (Å²) in [5, 5.41) is 6.09. The van der Waals surface area contributed by atoms with E-state index >= 15 is 0 Å². The Labute approximate surface area is 131 Å². The number of anilines is 1. The number of rotatable bonds is 1. The second-order valence-corrected chi connectivity index (χ2v) is 4.39. The molecule has 0 saturated carbocycles. The van der Waals surface area contributed by atoms with Crippen molar-refractivity contribution in [2.24, 2.45) is 7.05 Å². The molecule has 2 heterocycles. The molecule has 0 unspecified atom stereocenters. The van der Waals surface area contributed by atoms with Crippen molar-refractivity contribution in [1.82, 2.24) is 14.8 Å². The Morgan fingerprint density at radius 1 is 1.35 bits per heavy atom. The van der Waals surface area contributed by atoms with E-state index in [1.54, 1.807) is 36.3 Å². The Balaban J connectivity index is 0.000001000. The first-order valence-electron chi connectivity index (χ1n) is 5.20. The molecular weight excluding hydrogens is 275 g/mol. The third kappa shape index (κ3) is 2.27. The maximum Gasteiger partial charge on any atom is 1.00 e. The minimum atomic E-state index is 0. The van der Waals surface area contributed by atoms with Gasteiger partial charge in [-0.2, -0.15) is 16.7 Å². The smallest absolute Gasteiger partial charge is 0.870 e. The summed E-state index contributed by atoms with van der Waals surface area (Å²) in [5.74, 6) is 0.386. The average molecular weight is 284 g/mol. The molecule has 3 N–H and O–H groups in total. The van der Waals surface area contributed by atoms with E-state index in [1.165, 1.54) is 0 Å². The van der Waals surface area contributed by atoms with Crippen LogP contribution >= 0.6 is 11.6 Å². The van der Waals surface area contributed by atoms with Crippen molar-refractivity contribution >= 4 is 45.5 Å². The molecule has 3 rings (SSSR count). The first-order valence-corrected chi connectivity index (χ1v) is 5.58. The molecule has 0 bridgehead atoms. The zero-order chi connectivity index (χ0) is 12.9. The van der Waals surface area contributed by atoms with Crippen LogP contribution in [0.5, 0.6) is 0 Å². The van der Waals surface area contributed by atoms with Gasteiger partial charge in [0.25, 0.3) is 0 Å². The van der Waals surface area contributed by atoms with Crippen molar-refractivity contribution in [1.29, 1.82) is 0 Å². The van der Waals surface area contributed by atoms with E-state index in [0.717, 1.165) is 16.3 Å². The van der Waals surface area contributed by atoms with Gasteiger partial charge in [-0.3, -0.25) is 4.68 Å². The van der Waals surface area contributed by atoms with Gasteiger partial charge >= 0.3 is 18.9 Å². The Bertz CT molecular complexity index is 803. The van der Waals surface area contributed by atoms with Gasteiger partial charge in [0.1, 0.15) is 11.3 Å². The number of aryl methyl sites for hydroxylation is 1. The summed E-state index contributed by atoms with van der Waals surface area (Å²) in [6, 6.07) is 3.26. The molecule has 0 aliphatic carbocycles. The number of fused-ring (bicyclic) bond motifs is 3. The van der Waals surface area contributed by atoms with Gasteiger partial charge in [0.2, 0.25) is 0 Å². The maximum atomic E-state index is 10.8.